The minimum Gasteiger partial charge on any atom is -0.504 e. The fourth-order valence-corrected chi connectivity index (χ4v) is 3.38. The molecule has 3 aromatic rings. The molecule has 0 unspecified atom stereocenters. The summed E-state index contributed by atoms with van der Waals surface area (Å²) in [6, 6.07) is 8.92. The number of fused-ring (bicyclic) bond motifs is 1. The maximum atomic E-state index is 13.3. The van der Waals surface area contributed by atoms with Gasteiger partial charge < -0.3 is 24.8 Å². The molecule has 0 aliphatic carbocycles. The van der Waals surface area contributed by atoms with Crippen molar-refractivity contribution in [2.24, 2.45) is 0 Å². The molecule has 0 aliphatic heterocycles. The molecule has 0 atom stereocenters. The van der Waals surface area contributed by atoms with Crippen LogP contribution in [0.5, 0.6) is 23.0 Å². The van der Waals surface area contributed by atoms with Gasteiger partial charge in [-0.2, -0.15) is 0 Å². The van der Waals surface area contributed by atoms with Gasteiger partial charge in [-0.1, -0.05) is 53.6 Å². The minimum atomic E-state index is -0.968. The lowest BCUT2D eigenvalue weighted by atomic mass is 9.99. The topological polar surface area (TPSA) is 111 Å². The highest BCUT2D eigenvalue weighted by molar-refractivity contribution is 5.95. The molecular formula is C25H26O6. The van der Waals surface area contributed by atoms with Crippen LogP contribution in [-0.2, 0) is 6.42 Å². The predicted molar refractivity (Wildman–Crippen MR) is 121 cm³/mol. The molecule has 0 bridgehead atoms. The molecule has 0 spiro atoms. The Labute approximate surface area is 180 Å². The standard InChI is InChI=1S/C25H26O6/c1-14(2)8-7-9-15(3)12-13-17-19(26)18-20(27)21(28)22(29)23(30)25(18)31-24(17)16-10-5-4-6-11-16/h4-6,8,10-12,27-30H,7,9,13H2,1-3H3/b15-12+. The molecule has 162 valence electrons. The molecule has 1 heterocycles. The zero-order chi connectivity index (χ0) is 22.7. The van der Waals surface area contributed by atoms with E-state index in [0.29, 0.717) is 5.56 Å². The molecule has 2 aromatic carbocycles. The first kappa shape index (κ1) is 22.0. The van der Waals surface area contributed by atoms with Crippen molar-refractivity contribution in [1.82, 2.24) is 0 Å². The summed E-state index contributed by atoms with van der Waals surface area (Å²) in [5.74, 6) is -3.32. The number of rotatable bonds is 6. The van der Waals surface area contributed by atoms with Gasteiger partial charge in [0.05, 0.1) is 0 Å². The first-order chi connectivity index (χ1) is 14.7. The number of aromatic hydroxyl groups is 4. The van der Waals surface area contributed by atoms with E-state index in [0.717, 1.165) is 18.4 Å². The van der Waals surface area contributed by atoms with E-state index < -0.39 is 28.4 Å². The van der Waals surface area contributed by atoms with Gasteiger partial charge in [0.1, 0.15) is 11.1 Å². The minimum absolute atomic E-state index is 0.228. The van der Waals surface area contributed by atoms with Crippen LogP contribution < -0.4 is 5.43 Å². The highest BCUT2D eigenvalue weighted by atomic mass is 16.4. The van der Waals surface area contributed by atoms with Gasteiger partial charge in [-0.3, -0.25) is 4.79 Å². The Morgan fingerprint density at radius 1 is 0.903 bits per heavy atom. The van der Waals surface area contributed by atoms with E-state index in [9.17, 15) is 25.2 Å². The third-order valence-electron chi connectivity index (χ3n) is 5.11. The zero-order valence-corrected chi connectivity index (χ0v) is 17.8. The summed E-state index contributed by atoms with van der Waals surface area (Å²) >= 11 is 0. The molecule has 0 radical (unpaired) electrons. The lowest BCUT2D eigenvalue weighted by Crippen LogP contribution is -2.11. The third-order valence-corrected chi connectivity index (χ3v) is 5.11. The molecule has 0 amide bonds. The van der Waals surface area contributed by atoms with E-state index in [4.69, 9.17) is 4.42 Å². The van der Waals surface area contributed by atoms with Crippen molar-refractivity contribution < 1.29 is 24.8 Å². The summed E-state index contributed by atoms with van der Waals surface area (Å²) in [6.07, 6.45) is 6.05. The third kappa shape index (κ3) is 4.43. The molecular weight excluding hydrogens is 396 g/mol. The lowest BCUT2D eigenvalue weighted by Gasteiger charge is -2.13. The van der Waals surface area contributed by atoms with Crippen molar-refractivity contribution in [2.75, 3.05) is 0 Å². The van der Waals surface area contributed by atoms with Gasteiger partial charge in [-0.05, 0) is 40.0 Å². The Bertz CT molecular complexity index is 1230. The molecule has 6 heteroatoms. The van der Waals surface area contributed by atoms with E-state index in [-0.39, 0.29) is 28.7 Å². The molecule has 31 heavy (non-hydrogen) atoms. The van der Waals surface area contributed by atoms with Crippen LogP contribution in [0.1, 0.15) is 39.2 Å². The van der Waals surface area contributed by atoms with Crippen LogP contribution in [-0.4, -0.2) is 20.4 Å². The largest absolute Gasteiger partial charge is 0.504 e. The van der Waals surface area contributed by atoms with Gasteiger partial charge in [0.2, 0.25) is 22.7 Å². The average Bonchev–Trinajstić information content (AvgIpc) is 2.75. The average molecular weight is 422 g/mol. The van der Waals surface area contributed by atoms with Gasteiger partial charge in [0.25, 0.3) is 0 Å². The quantitative estimate of drug-likeness (QED) is 0.237. The number of phenols is 4. The van der Waals surface area contributed by atoms with E-state index in [1.165, 1.54) is 5.57 Å². The summed E-state index contributed by atoms with van der Waals surface area (Å²) in [6.45, 7) is 6.07. The van der Waals surface area contributed by atoms with E-state index >= 15 is 0 Å². The summed E-state index contributed by atoms with van der Waals surface area (Å²) < 4.78 is 5.83. The number of phenolic OH excluding ortho intramolecular Hbond substituents is 4. The van der Waals surface area contributed by atoms with Crippen molar-refractivity contribution in [3.05, 3.63) is 69.4 Å². The van der Waals surface area contributed by atoms with Crippen LogP contribution >= 0.6 is 0 Å². The van der Waals surface area contributed by atoms with Crippen LogP contribution in [0, 0.1) is 0 Å². The Morgan fingerprint density at radius 2 is 1.55 bits per heavy atom. The van der Waals surface area contributed by atoms with E-state index in [2.05, 4.69) is 6.08 Å². The van der Waals surface area contributed by atoms with Crippen LogP contribution in [0.4, 0.5) is 0 Å². The molecule has 4 N–H and O–H groups in total. The van der Waals surface area contributed by atoms with Crippen molar-refractivity contribution in [3.63, 3.8) is 0 Å². The first-order valence-corrected chi connectivity index (χ1v) is 10.0. The first-order valence-electron chi connectivity index (χ1n) is 10.0. The SMILES string of the molecule is CC(C)=CCC/C(C)=C/Cc1c(-c2ccccc2)oc2c(O)c(O)c(O)c(O)c2c1=O. The molecule has 0 aliphatic rings. The Hall–Kier alpha value is -3.67. The van der Waals surface area contributed by atoms with Gasteiger partial charge in [0, 0.05) is 11.1 Å². The molecule has 3 rings (SSSR count). The molecule has 0 saturated carbocycles. The van der Waals surface area contributed by atoms with Crippen molar-refractivity contribution >= 4 is 11.0 Å². The monoisotopic (exact) mass is 422 g/mol. The van der Waals surface area contributed by atoms with Gasteiger partial charge in [0.15, 0.2) is 11.3 Å². The van der Waals surface area contributed by atoms with Gasteiger partial charge in [-0.25, -0.2) is 0 Å². The zero-order valence-electron chi connectivity index (χ0n) is 17.8. The number of hydrogen-bond acceptors (Lipinski definition) is 6. The van der Waals surface area contributed by atoms with Crippen LogP contribution in [0.3, 0.4) is 0 Å². The van der Waals surface area contributed by atoms with Crippen molar-refractivity contribution in [3.8, 4) is 34.3 Å². The Kier molecular flexibility index (Phi) is 6.39. The molecule has 1 aromatic heterocycles. The summed E-state index contributed by atoms with van der Waals surface area (Å²) in [7, 11) is 0. The smallest absolute Gasteiger partial charge is 0.208 e. The molecule has 0 fully saturated rings. The second-order valence-corrected chi connectivity index (χ2v) is 7.78. The summed E-state index contributed by atoms with van der Waals surface area (Å²) in [5.41, 5.74) is 2.25. The van der Waals surface area contributed by atoms with Crippen molar-refractivity contribution in [2.45, 2.75) is 40.0 Å². The van der Waals surface area contributed by atoms with Crippen molar-refractivity contribution in [1.29, 1.82) is 0 Å². The number of hydrogen-bond donors (Lipinski definition) is 4. The fourth-order valence-electron chi connectivity index (χ4n) is 3.38. The highest BCUT2D eigenvalue weighted by Gasteiger charge is 2.26. The van der Waals surface area contributed by atoms with Crippen LogP contribution in [0.2, 0.25) is 0 Å². The number of benzene rings is 2. The maximum absolute atomic E-state index is 13.3. The molecule has 6 nitrogen and oxygen atoms in total. The van der Waals surface area contributed by atoms with E-state index in [1.807, 2.05) is 32.9 Å². The normalized spacial score (nSPS) is 11.6. The van der Waals surface area contributed by atoms with Gasteiger partial charge in [-0.15, -0.1) is 0 Å². The predicted octanol–water partition coefficient (Wildman–Crippen LogP) is 5.52. The fraction of sp³-hybridized carbons (Fsp3) is 0.240. The second-order valence-electron chi connectivity index (χ2n) is 7.78. The summed E-state index contributed by atoms with van der Waals surface area (Å²) in [4.78, 5) is 13.3. The second kappa shape index (κ2) is 9.00. The van der Waals surface area contributed by atoms with E-state index in [1.54, 1.807) is 24.3 Å². The number of allylic oxidation sites excluding steroid dienone is 4. The summed E-state index contributed by atoms with van der Waals surface area (Å²) in [5, 5.41) is 39.9. The maximum Gasteiger partial charge on any atom is 0.208 e. The van der Waals surface area contributed by atoms with Crippen LogP contribution in [0.25, 0.3) is 22.3 Å². The highest BCUT2D eigenvalue weighted by Crippen LogP contribution is 2.48. The van der Waals surface area contributed by atoms with Gasteiger partial charge >= 0.3 is 0 Å². The lowest BCUT2D eigenvalue weighted by molar-refractivity contribution is 0.346. The Morgan fingerprint density at radius 3 is 2.19 bits per heavy atom. The Balaban J connectivity index is 2.20. The van der Waals surface area contributed by atoms with Crippen LogP contribution in [0.15, 0.2) is 62.8 Å². The molecule has 0 saturated heterocycles.